The molecule has 0 saturated carbocycles. The van der Waals surface area contributed by atoms with Crippen LogP contribution >= 0.6 is 23.2 Å². The Balaban J connectivity index is 1.55. The van der Waals surface area contributed by atoms with E-state index < -0.39 is 4.92 Å². The number of amides is 1. The Labute approximate surface area is 162 Å². The molecule has 0 saturated heterocycles. The molecule has 12 heteroatoms. The minimum atomic E-state index is -0.599. The molecular formula is C15H13Cl2N7O3. The van der Waals surface area contributed by atoms with Crippen LogP contribution in [-0.2, 0) is 17.9 Å². The third-order valence-electron chi connectivity index (χ3n) is 3.55. The first kappa shape index (κ1) is 18.8. The number of nitrogens with one attached hydrogen (secondary N) is 1. The van der Waals surface area contributed by atoms with Crippen LogP contribution in [0.15, 0.2) is 36.8 Å². The highest BCUT2D eigenvalue weighted by molar-refractivity contribution is 6.35. The molecule has 27 heavy (non-hydrogen) atoms. The van der Waals surface area contributed by atoms with Crippen molar-refractivity contribution in [2.24, 2.45) is 0 Å². The van der Waals surface area contributed by atoms with E-state index in [1.54, 1.807) is 18.2 Å². The first-order valence-corrected chi connectivity index (χ1v) is 8.48. The molecule has 0 spiro atoms. The Morgan fingerprint density at radius 1 is 1.19 bits per heavy atom. The lowest BCUT2D eigenvalue weighted by molar-refractivity contribution is -0.389. The van der Waals surface area contributed by atoms with Crippen molar-refractivity contribution in [1.29, 1.82) is 0 Å². The van der Waals surface area contributed by atoms with Crippen molar-refractivity contribution in [1.82, 2.24) is 24.5 Å². The van der Waals surface area contributed by atoms with Gasteiger partial charge in [-0.1, -0.05) is 29.3 Å². The number of carbonyl (C=O) groups is 1. The number of rotatable bonds is 7. The topological polar surface area (TPSA) is 121 Å². The van der Waals surface area contributed by atoms with Crippen LogP contribution in [0.3, 0.4) is 0 Å². The van der Waals surface area contributed by atoms with E-state index in [9.17, 15) is 14.9 Å². The second-order valence-electron chi connectivity index (χ2n) is 5.46. The highest BCUT2D eigenvalue weighted by atomic mass is 35.5. The minimum absolute atomic E-state index is 0.0592. The van der Waals surface area contributed by atoms with E-state index in [0.29, 0.717) is 22.2 Å². The molecule has 2 aromatic heterocycles. The van der Waals surface area contributed by atoms with E-state index in [2.05, 4.69) is 20.5 Å². The molecule has 10 nitrogen and oxygen atoms in total. The zero-order valence-electron chi connectivity index (χ0n) is 13.7. The third-order valence-corrected chi connectivity index (χ3v) is 4.26. The largest absolute Gasteiger partial charge is 0.389 e. The number of nitro groups is 1. The lowest BCUT2D eigenvalue weighted by atomic mass is 10.2. The molecule has 0 unspecified atom stereocenters. The van der Waals surface area contributed by atoms with Crippen LogP contribution in [0.2, 0.25) is 10.0 Å². The molecule has 1 aromatic carbocycles. The summed E-state index contributed by atoms with van der Waals surface area (Å²) >= 11 is 12.3. The van der Waals surface area contributed by atoms with Gasteiger partial charge < -0.3 is 10.1 Å². The summed E-state index contributed by atoms with van der Waals surface area (Å²) in [6, 6.07) is 6.46. The summed E-state index contributed by atoms with van der Waals surface area (Å²) in [6.07, 6.45) is 2.95. The molecule has 0 aliphatic rings. The number of hydrogen-bond donors (Lipinski definition) is 1. The van der Waals surface area contributed by atoms with Crippen LogP contribution in [0.1, 0.15) is 12.0 Å². The Kier molecular flexibility index (Phi) is 5.67. The van der Waals surface area contributed by atoms with Crippen molar-refractivity contribution in [2.75, 3.05) is 5.32 Å². The fourth-order valence-electron chi connectivity index (χ4n) is 2.25. The van der Waals surface area contributed by atoms with Gasteiger partial charge in [-0.25, -0.2) is 9.67 Å². The summed E-state index contributed by atoms with van der Waals surface area (Å²) in [7, 11) is 0. The van der Waals surface area contributed by atoms with Crippen molar-refractivity contribution in [3.8, 4) is 0 Å². The lowest BCUT2D eigenvalue weighted by Gasteiger charge is -2.06. The summed E-state index contributed by atoms with van der Waals surface area (Å²) in [6.45, 7) is 0.494. The highest BCUT2D eigenvalue weighted by Crippen LogP contribution is 2.24. The van der Waals surface area contributed by atoms with Gasteiger partial charge in [0.2, 0.25) is 11.9 Å². The number of carbonyl (C=O) groups excluding carboxylic acids is 1. The smallest absolute Gasteiger partial charge is 0.358 e. The Hall–Kier alpha value is -2.98. The van der Waals surface area contributed by atoms with Crippen LogP contribution in [0, 0.1) is 10.1 Å². The van der Waals surface area contributed by atoms with Gasteiger partial charge in [-0.2, -0.15) is 4.68 Å². The maximum atomic E-state index is 12.0. The van der Waals surface area contributed by atoms with E-state index in [-0.39, 0.29) is 30.6 Å². The number of aromatic nitrogens is 5. The van der Waals surface area contributed by atoms with Gasteiger partial charge in [0.25, 0.3) is 0 Å². The van der Waals surface area contributed by atoms with Crippen LogP contribution in [0.4, 0.5) is 11.8 Å². The zero-order valence-corrected chi connectivity index (χ0v) is 15.3. The van der Waals surface area contributed by atoms with Gasteiger partial charge in [0, 0.05) is 22.0 Å². The second kappa shape index (κ2) is 8.14. The van der Waals surface area contributed by atoms with Gasteiger partial charge in [-0.3, -0.25) is 10.1 Å². The average molecular weight is 410 g/mol. The van der Waals surface area contributed by atoms with Crippen LogP contribution in [-0.4, -0.2) is 35.4 Å². The summed E-state index contributed by atoms with van der Waals surface area (Å²) < 4.78 is 2.82. The van der Waals surface area contributed by atoms with E-state index in [0.717, 1.165) is 0 Å². The van der Waals surface area contributed by atoms with Crippen molar-refractivity contribution in [3.05, 3.63) is 62.5 Å². The minimum Gasteiger partial charge on any atom is -0.358 e. The van der Waals surface area contributed by atoms with Gasteiger partial charge in [0.05, 0.1) is 30.5 Å². The van der Waals surface area contributed by atoms with Gasteiger partial charge in [0.15, 0.2) is 0 Å². The predicted octanol–water partition coefficient (Wildman–Crippen LogP) is 2.77. The standard InChI is InChI=1S/C15H13Cl2N7O3/c16-11-2-1-3-12(17)10(11)8-23-9-18-15(21-23)19-14(25)5-7-22-6-4-13(20-22)24(26)27/h1-4,6,9H,5,7-8H2,(H,19,21,25). The number of nitrogens with zero attached hydrogens (tertiary/aromatic N) is 6. The molecule has 3 rings (SSSR count). The average Bonchev–Trinajstić information content (AvgIpc) is 3.26. The molecular weight excluding hydrogens is 397 g/mol. The van der Waals surface area contributed by atoms with Crippen LogP contribution in [0.5, 0.6) is 0 Å². The molecule has 1 N–H and O–H groups in total. The Bertz CT molecular complexity index is 965. The number of anilines is 1. The molecule has 0 atom stereocenters. The van der Waals surface area contributed by atoms with E-state index >= 15 is 0 Å². The number of aryl methyl sites for hydroxylation is 1. The van der Waals surface area contributed by atoms with E-state index in [1.807, 2.05) is 0 Å². The Morgan fingerprint density at radius 2 is 1.93 bits per heavy atom. The van der Waals surface area contributed by atoms with Crippen molar-refractivity contribution < 1.29 is 9.72 Å². The predicted molar refractivity (Wildman–Crippen MR) is 97.7 cm³/mol. The maximum Gasteiger partial charge on any atom is 0.389 e. The van der Waals surface area contributed by atoms with Crippen molar-refractivity contribution in [3.63, 3.8) is 0 Å². The van der Waals surface area contributed by atoms with Crippen molar-refractivity contribution in [2.45, 2.75) is 19.5 Å². The molecule has 0 aliphatic heterocycles. The molecule has 1 amide bonds. The molecule has 0 radical (unpaired) electrons. The molecule has 2 heterocycles. The second-order valence-corrected chi connectivity index (χ2v) is 6.27. The van der Waals surface area contributed by atoms with Crippen molar-refractivity contribution >= 4 is 40.9 Å². The Morgan fingerprint density at radius 3 is 2.59 bits per heavy atom. The monoisotopic (exact) mass is 409 g/mol. The summed E-state index contributed by atoms with van der Waals surface area (Å²) in [4.78, 5) is 26.0. The first-order valence-electron chi connectivity index (χ1n) is 7.72. The normalized spacial score (nSPS) is 10.7. The van der Waals surface area contributed by atoms with Gasteiger partial charge in [-0.05, 0) is 17.1 Å². The molecule has 140 valence electrons. The number of hydrogen-bond acceptors (Lipinski definition) is 6. The highest BCUT2D eigenvalue weighted by Gasteiger charge is 2.13. The number of halogens is 2. The maximum absolute atomic E-state index is 12.0. The molecule has 0 aliphatic carbocycles. The van der Waals surface area contributed by atoms with Gasteiger partial charge in [0.1, 0.15) is 6.33 Å². The molecule has 3 aromatic rings. The van der Waals surface area contributed by atoms with Crippen LogP contribution < -0.4 is 5.32 Å². The summed E-state index contributed by atoms with van der Waals surface area (Å²) in [5.41, 5.74) is 0.698. The third kappa shape index (κ3) is 4.80. The zero-order chi connectivity index (χ0) is 19.4. The SMILES string of the molecule is O=C(CCn1ccc([N+](=O)[O-])n1)Nc1ncn(Cc2c(Cl)cccc2Cl)n1. The fourth-order valence-corrected chi connectivity index (χ4v) is 2.77. The van der Waals surface area contributed by atoms with E-state index in [1.165, 1.54) is 28.0 Å². The summed E-state index contributed by atoms with van der Waals surface area (Å²) in [5, 5.41) is 22.0. The van der Waals surface area contributed by atoms with E-state index in [4.69, 9.17) is 23.2 Å². The fraction of sp³-hybridized carbons (Fsp3) is 0.200. The summed E-state index contributed by atoms with van der Waals surface area (Å²) in [5.74, 6) is -0.481. The molecule has 0 bridgehead atoms. The quantitative estimate of drug-likeness (QED) is 0.472. The molecule has 0 fully saturated rings. The lowest BCUT2D eigenvalue weighted by Crippen LogP contribution is -2.16. The first-order chi connectivity index (χ1) is 12.9. The van der Waals surface area contributed by atoms with Gasteiger partial charge in [-0.15, -0.1) is 5.10 Å². The number of benzene rings is 1. The van der Waals surface area contributed by atoms with Crippen LogP contribution in [0.25, 0.3) is 0 Å². The van der Waals surface area contributed by atoms with Gasteiger partial charge >= 0.3 is 5.82 Å².